The van der Waals surface area contributed by atoms with E-state index < -0.39 is 0 Å². The number of rotatable bonds is 4. The standard InChI is InChI=1S/C21H20ClN5O/c22-17-5-2-7-19(15-17)26-10-12-27(13-11-26)20(28)16-4-1-6-18(14-16)25-21-23-8-3-9-24-21/h1-9,14-15H,10-13H2,(H,23,24,25). The zero-order valence-corrected chi connectivity index (χ0v) is 16.0. The highest BCUT2D eigenvalue weighted by Gasteiger charge is 2.22. The number of anilines is 3. The summed E-state index contributed by atoms with van der Waals surface area (Å²) < 4.78 is 0. The van der Waals surface area contributed by atoms with E-state index in [0.29, 0.717) is 24.6 Å². The Morgan fingerprint density at radius 1 is 0.929 bits per heavy atom. The lowest BCUT2D eigenvalue weighted by atomic mass is 10.1. The molecule has 0 saturated carbocycles. The summed E-state index contributed by atoms with van der Waals surface area (Å²) in [7, 11) is 0. The fourth-order valence-electron chi connectivity index (χ4n) is 3.25. The number of aromatic nitrogens is 2. The average Bonchev–Trinajstić information content (AvgIpc) is 2.74. The molecule has 2 aromatic carbocycles. The number of amides is 1. The first-order valence-corrected chi connectivity index (χ1v) is 9.51. The van der Waals surface area contributed by atoms with E-state index in [1.807, 2.05) is 53.4 Å². The molecule has 28 heavy (non-hydrogen) atoms. The average molecular weight is 394 g/mol. The van der Waals surface area contributed by atoms with E-state index in [1.165, 1.54) is 0 Å². The first-order chi connectivity index (χ1) is 13.7. The van der Waals surface area contributed by atoms with Gasteiger partial charge in [0.2, 0.25) is 5.95 Å². The van der Waals surface area contributed by atoms with Crippen LogP contribution in [0, 0.1) is 0 Å². The topological polar surface area (TPSA) is 61.4 Å². The number of nitrogens with one attached hydrogen (secondary N) is 1. The molecule has 6 nitrogen and oxygen atoms in total. The molecule has 1 N–H and O–H groups in total. The van der Waals surface area contributed by atoms with Crippen molar-refractivity contribution >= 4 is 34.8 Å². The van der Waals surface area contributed by atoms with Crippen LogP contribution < -0.4 is 10.2 Å². The summed E-state index contributed by atoms with van der Waals surface area (Å²) in [4.78, 5) is 25.4. The molecular weight excluding hydrogens is 374 g/mol. The van der Waals surface area contributed by atoms with Gasteiger partial charge in [-0.1, -0.05) is 23.7 Å². The van der Waals surface area contributed by atoms with Crippen LogP contribution in [0.3, 0.4) is 0 Å². The Morgan fingerprint density at radius 2 is 1.68 bits per heavy atom. The smallest absolute Gasteiger partial charge is 0.254 e. The van der Waals surface area contributed by atoms with Crippen molar-refractivity contribution in [3.05, 3.63) is 77.6 Å². The molecule has 2 heterocycles. The van der Waals surface area contributed by atoms with Crippen LogP contribution in [-0.4, -0.2) is 47.0 Å². The van der Waals surface area contributed by atoms with Gasteiger partial charge in [-0.25, -0.2) is 9.97 Å². The molecule has 1 amide bonds. The van der Waals surface area contributed by atoms with Crippen LogP contribution in [0.25, 0.3) is 0 Å². The molecule has 142 valence electrons. The molecule has 0 spiro atoms. The van der Waals surface area contributed by atoms with E-state index in [0.717, 1.165) is 29.5 Å². The van der Waals surface area contributed by atoms with Crippen LogP contribution in [-0.2, 0) is 0 Å². The molecule has 0 aliphatic carbocycles. The second kappa shape index (κ2) is 8.27. The first-order valence-electron chi connectivity index (χ1n) is 9.13. The zero-order valence-electron chi connectivity index (χ0n) is 15.3. The van der Waals surface area contributed by atoms with Crippen molar-refractivity contribution in [3.63, 3.8) is 0 Å². The van der Waals surface area contributed by atoms with Crippen molar-refractivity contribution < 1.29 is 4.79 Å². The molecular formula is C21H20ClN5O. The molecule has 0 atom stereocenters. The van der Waals surface area contributed by atoms with Gasteiger partial charge in [0.25, 0.3) is 5.91 Å². The maximum absolute atomic E-state index is 12.9. The molecule has 4 rings (SSSR count). The van der Waals surface area contributed by atoms with Crippen LogP contribution in [0.5, 0.6) is 0 Å². The maximum atomic E-state index is 12.9. The van der Waals surface area contributed by atoms with E-state index in [2.05, 4.69) is 20.2 Å². The van der Waals surface area contributed by atoms with E-state index in [-0.39, 0.29) is 5.91 Å². The largest absolute Gasteiger partial charge is 0.368 e. The Kier molecular flexibility index (Phi) is 5.39. The summed E-state index contributed by atoms with van der Waals surface area (Å²) >= 11 is 6.09. The third-order valence-electron chi connectivity index (χ3n) is 4.67. The monoisotopic (exact) mass is 393 g/mol. The number of hydrogen-bond acceptors (Lipinski definition) is 5. The lowest BCUT2D eigenvalue weighted by Crippen LogP contribution is -2.48. The summed E-state index contributed by atoms with van der Waals surface area (Å²) in [5, 5.41) is 3.85. The summed E-state index contributed by atoms with van der Waals surface area (Å²) in [6.07, 6.45) is 3.34. The summed E-state index contributed by atoms with van der Waals surface area (Å²) in [5.41, 5.74) is 2.53. The Morgan fingerprint density at radius 3 is 2.43 bits per heavy atom. The van der Waals surface area contributed by atoms with E-state index >= 15 is 0 Å². The van der Waals surface area contributed by atoms with Gasteiger partial charge in [0.05, 0.1) is 0 Å². The minimum Gasteiger partial charge on any atom is -0.368 e. The molecule has 0 unspecified atom stereocenters. The predicted octanol–water partition coefficient (Wildman–Crippen LogP) is 3.84. The summed E-state index contributed by atoms with van der Waals surface area (Å²) in [5.74, 6) is 0.533. The third kappa shape index (κ3) is 4.23. The SMILES string of the molecule is O=C(c1cccc(Nc2ncccn2)c1)N1CCN(c2cccc(Cl)c2)CC1. The Bertz CT molecular complexity index is 958. The van der Waals surface area contributed by atoms with Gasteiger partial charge < -0.3 is 15.1 Å². The predicted molar refractivity (Wildman–Crippen MR) is 111 cm³/mol. The van der Waals surface area contributed by atoms with Crippen molar-refractivity contribution in [1.29, 1.82) is 0 Å². The summed E-state index contributed by atoms with van der Waals surface area (Å²) in [6, 6.07) is 17.0. The molecule has 3 aromatic rings. The highest BCUT2D eigenvalue weighted by Crippen LogP contribution is 2.22. The Labute approximate surface area is 168 Å². The van der Waals surface area contributed by atoms with Crippen LogP contribution >= 0.6 is 11.6 Å². The van der Waals surface area contributed by atoms with Gasteiger partial charge in [-0.05, 0) is 42.5 Å². The second-order valence-corrected chi connectivity index (χ2v) is 6.97. The van der Waals surface area contributed by atoms with E-state index in [4.69, 9.17) is 11.6 Å². The number of piperazine rings is 1. The minimum atomic E-state index is 0.0309. The normalized spacial score (nSPS) is 14.0. The van der Waals surface area contributed by atoms with Crippen molar-refractivity contribution in [2.24, 2.45) is 0 Å². The first kappa shape index (κ1) is 18.3. The number of halogens is 1. The number of benzene rings is 2. The highest BCUT2D eigenvalue weighted by atomic mass is 35.5. The summed E-state index contributed by atoms with van der Waals surface area (Å²) in [6.45, 7) is 2.90. The van der Waals surface area contributed by atoms with Crippen LogP contribution in [0.1, 0.15) is 10.4 Å². The molecule has 1 aliphatic rings. The lowest BCUT2D eigenvalue weighted by Gasteiger charge is -2.36. The number of nitrogens with zero attached hydrogens (tertiary/aromatic N) is 4. The van der Waals surface area contributed by atoms with Crippen LogP contribution in [0.4, 0.5) is 17.3 Å². The van der Waals surface area contributed by atoms with Crippen molar-refractivity contribution in [2.75, 3.05) is 36.4 Å². The molecule has 0 bridgehead atoms. The molecule has 1 fully saturated rings. The van der Waals surface area contributed by atoms with E-state index in [9.17, 15) is 4.79 Å². The van der Waals surface area contributed by atoms with Crippen LogP contribution in [0.15, 0.2) is 67.0 Å². The fourth-order valence-corrected chi connectivity index (χ4v) is 3.43. The lowest BCUT2D eigenvalue weighted by molar-refractivity contribution is 0.0747. The third-order valence-corrected chi connectivity index (χ3v) is 4.91. The number of carbonyl (C=O) groups is 1. The molecule has 1 aliphatic heterocycles. The minimum absolute atomic E-state index is 0.0309. The Hall–Kier alpha value is -3.12. The molecule has 0 radical (unpaired) electrons. The highest BCUT2D eigenvalue weighted by molar-refractivity contribution is 6.30. The van der Waals surface area contributed by atoms with Gasteiger partial charge in [-0.15, -0.1) is 0 Å². The van der Waals surface area contributed by atoms with E-state index in [1.54, 1.807) is 18.5 Å². The van der Waals surface area contributed by atoms with Crippen LogP contribution in [0.2, 0.25) is 5.02 Å². The Balaban J connectivity index is 1.41. The van der Waals surface area contributed by atoms with Gasteiger partial charge in [-0.2, -0.15) is 0 Å². The molecule has 1 saturated heterocycles. The maximum Gasteiger partial charge on any atom is 0.254 e. The number of carbonyl (C=O) groups excluding carboxylic acids is 1. The van der Waals surface area contributed by atoms with Gasteiger partial charge in [0, 0.05) is 60.5 Å². The second-order valence-electron chi connectivity index (χ2n) is 6.54. The fraction of sp³-hybridized carbons (Fsp3) is 0.190. The quantitative estimate of drug-likeness (QED) is 0.729. The van der Waals surface area contributed by atoms with Gasteiger partial charge >= 0.3 is 0 Å². The van der Waals surface area contributed by atoms with Gasteiger partial charge in [0.1, 0.15) is 0 Å². The molecule has 7 heteroatoms. The van der Waals surface area contributed by atoms with Gasteiger partial charge in [0.15, 0.2) is 0 Å². The van der Waals surface area contributed by atoms with Crippen molar-refractivity contribution in [2.45, 2.75) is 0 Å². The van der Waals surface area contributed by atoms with Gasteiger partial charge in [-0.3, -0.25) is 4.79 Å². The zero-order chi connectivity index (χ0) is 19.3. The van der Waals surface area contributed by atoms with Crippen molar-refractivity contribution in [3.8, 4) is 0 Å². The number of hydrogen-bond donors (Lipinski definition) is 1. The van der Waals surface area contributed by atoms with Crippen molar-refractivity contribution in [1.82, 2.24) is 14.9 Å². The molecule has 1 aromatic heterocycles.